The summed E-state index contributed by atoms with van der Waals surface area (Å²) in [4.78, 5) is 3.91. The van der Waals surface area contributed by atoms with Crippen molar-refractivity contribution in [2.45, 2.75) is 12.6 Å². The first-order valence-electron chi connectivity index (χ1n) is 6.50. The Morgan fingerprint density at radius 3 is 2.62 bits per heavy atom. The van der Waals surface area contributed by atoms with E-state index in [1.807, 2.05) is 12.1 Å². The van der Waals surface area contributed by atoms with Gasteiger partial charge < -0.3 is 15.2 Å². The van der Waals surface area contributed by atoms with Crippen LogP contribution in [0.4, 0.5) is 8.78 Å². The fraction of sp³-hybridized carbons (Fsp3) is 0.267. The monoisotopic (exact) mass is 294 g/mol. The number of rotatable bonds is 7. The van der Waals surface area contributed by atoms with E-state index in [1.165, 1.54) is 6.07 Å². The van der Waals surface area contributed by atoms with E-state index in [4.69, 9.17) is 4.74 Å². The summed E-state index contributed by atoms with van der Waals surface area (Å²) in [6.07, 6.45) is 2.64. The third-order valence-corrected chi connectivity index (χ3v) is 2.79. The lowest BCUT2D eigenvalue weighted by molar-refractivity contribution is 0.106. The number of ether oxygens (including phenoxy) is 1. The Balaban J connectivity index is 1.69. The molecule has 2 aromatic rings. The summed E-state index contributed by atoms with van der Waals surface area (Å²) in [5, 5.41) is 12.8. The number of aliphatic hydroxyl groups excluding tert-OH is 1. The van der Waals surface area contributed by atoms with Gasteiger partial charge in [0.2, 0.25) is 0 Å². The zero-order valence-corrected chi connectivity index (χ0v) is 11.3. The highest BCUT2D eigenvalue weighted by Crippen LogP contribution is 2.15. The molecule has 0 spiro atoms. The van der Waals surface area contributed by atoms with Crippen LogP contribution >= 0.6 is 0 Å². The third kappa shape index (κ3) is 5.09. The Morgan fingerprint density at radius 2 is 1.90 bits per heavy atom. The van der Waals surface area contributed by atoms with Crippen molar-refractivity contribution in [1.82, 2.24) is 10.3 Å². The molecule has 4 nitrogen and oxygen atoms in total. The number of nitrogens with one attached hydrogen (secondary N) is 1. The predicted molar refractivity (Wildman–Crippen MR) is 73.8 cm³/mol. The molecule has 1 heterocycles. The number of hydrogen-bond acceptors (Lipinski definition) is 4. The van der Waals surface area contributed by atoms with Crippen LogP contribution in [0.15, 0.2) is 42.7 Å². The maximum Gasteiger partial charge on any atom is 0.162 e. The van der Waals surface area contributed by atoms with E-state index in [0.717, 1.165) is 17.7 Å². The largest absolute Gasteiger partial charge is 0.491 e. The SMILES string of the molecule is OC(CNCc1ccncc1)COc1ccc(F)c(F)c1. The van der Waals surface area contributed by atoms with Crippen molar-refractivity contribution >= 4 is 0 Å². The summed E-state index contributed by atoms with van der Waals surface area (Å²) in [5.74, 6) is -1.72. The minimum absolute atomic E-state index is 0.00554. The molecular formula is C15H16F2N2O2. The van der Waals surface area contributed by atoms with Crippen LogP contribution in [0, 0.1) is 11.6 Å². The molecule has 1 aromatic heterocycles. The average molecular weight is 294 g/mol. The molecule has 2 rings (SSSR count). The summed E-state index contributed by atoms with van der Waals surface area (Å²) in [6, 6.07) is 7.00. The fourth-order valence-electron chi connectivity index (χ4n) is 1.70. The van der Waals surface area contributed by atoms with Gasteiger partial charge in [-0.1, -0.05) is 0 Å². The van der Waals surface area contributed by atoms with Gasteiger partial charge >= 0.3 is 0 Å². The van der Waals surface area contributed by atoms with Crippen LogP contribution in [0.1, 0.15) is 5.56 Å². The van der Waals surface area contributed by atoms with E-state index in [0.29, 0.717) is 13.1 Å². The molecule has 112 valence electrons. The standard InChI is InChI=1S/C15H16F2N2O2/c16-14-2-1-13(7-15(14)17)21-10-12(20)9-19-8-11-3-5-18-6-4-11/h1-7,12,19-20H,8-10H2. The maximum atomic E-state index is 13.0. The molecule has 1 unspecified atom stereocenters. The molecule has 1 aromatic carbocycles. The van der Waals surface area contributed by atoms with Gasteiger partial charge in [-0.05, 0) is 29.8 Å². The first-order valence-corrected chi connectivity index (χ1v) is 6.50. The molecule has 0 radical (unpaired) electrons. The van der Waals surface area contributed by atoms with E-state index in [1.54, 1.807) is 12.4 Å². The number of pyridine rings is 1. The highest BCUT2D eigenvalue weighted by atomic mass is 19.2. The Bertz CT molecular complexity index is 567. The lowest BCUT2D eigenvalue weighted by Crippen LogP contribution is -2.31. The van der Waals surface area contributed by atoms with Crippen LogP contribution in [0.3, 0.4) is 0 Å². The molecule has 0 aliphatic rings. The van der Waals surface area contributed by atoms with Crippen LogP contribution < -0.4 is 10.1 Å². The van der Waals surface area contributed by atoms with Crippen LogP contribution in [0.25, 0.3) is 0 Å². The minimum atomic E-state index is -0.974. The first kappa shape index (κ1) is 15.3. The second-order valence-electron chi connectivity index (χ2n) is 4.53. The summed E-state index contributed by atoms with van der Waals surface area (Å²) in [5.41, 5.74) is 1.05. The van der Waals surface area contributed by atoms with Gasteiger partial charge in [0.15, 0.2) is 11.6 Å². The first-order chi connectivity index (χ1) is 10.1. The summed E-state index contributed by atoms with van der Waals surface area (Å²) in [6.45, 7) is 0.922. The predicted octanol–water partition coefficient (Wildman–Crippen LogP) is 1.89. The summed E-state index contributed by atoms with van der Waals surface area (Å²) >= 11 is 0. The highest BCUT2D eigenvalue weighted by molar-refractivity contribution is 5.23. The molecule has 21 heavy (non-hydrogen) atoms. The Morgan fingerprint density at radius 1 is 1.14 bits per heavy atom. The molecular weight excluding hydrogens is 278 g/mol. The summed E-state index contributed by atoms with van der Waals surface area (Å²) in [7, 11) is 0. The van der Waals surface area contributed by atoms with Crippen molar-refractivity contribution in [3.63, 3.8) is 0 Å². The van der Waals surface area contributed by atoms with Gasteiger partial charge in [-0.3, -0.25) is 4.98 Å². The number of hydrogen-bond donors (Lipinski definition) is 2. The summed E-state index contributed by atoms with van der Waals surface area (Å²) < 4.78 is 30.9. The molecule has 0 aliphatic heterocycles. The van der Waals surface area contributed by atoms with Gasteiger partial charge in [0.05, 0.1) is 0 Å². The van der Waals surface area contributed by atoms with Crippen molar-refractivity contribution in [2.24, 2.45) is 0 Å². The van der Waals surface area contributed by atoms with Crippen molar-refractivity contribution < 1.29 is 18.6 Å². The quantitative estimate of drug-likeness (QED) is 0.819. The minimum Gasteiger partial charge on any atom is -0.491 e. The van der Waals surface area contributed by atoms with Crippen LogP contribution in [0.2, 0.25) is 0 Å². The normalized spacial score (nSPS) is 12.1. The molecule has 0 fully saturated rings. The smallest absolute Gasteiger partial charge is 0.162 e. The molecule has 0 saturated carbocycles. The zero-order chi connectivity index (χ0) is 15.1. The lowest BCUT2D eigenvalue weighted by atomic mass is 10.2. The Labute approximate surface area is 121 Å². The van der Waals surface area contributed by atoms with Crippen molar-refractivity contribution in [3.05, 3.63) is 59.9 Å². The van der Waals surface area contributed by atoms with Gasteiger partial charge in [-0.2, -0.15) is 0 Å². The molecule has 6 heteroatoms. The van der Waals surface area contributed by atoms with E-state index in [-0.39, 0.29) is 12.4 Å². The topological polar surface area (TPSA) is 54.4 Å². The van der Waals surface area contributed by atoms with E-state index in [9.17, 15) is 13.9 Å². The molecule has 0 bridgehead atoms. The number of halogens is 2. The van der Waals surface area contributed by atoms with Gasteiger partial charge in [0.25, 0.3) is 0 Å². The van der Waals surface area contributed by atoms with Gasteiger partial charge in [0, 0.05) is 31.5 Å². The zero-order valence-electron chi connectivity index (χ0n) is 11.3. The maximum absolute atomic E-state index is 13.0. The molecule has 0 aliphatic carbocycles. The number of aliphatic hydroxyl groups is 1. The molecule has 2 N–H and O–H groups in total. The number of nitrogens with zero attached hydrogens (tertiary/aromatic N) is 1. The van der Waals surface area contributed by atoms with Crippen molar-refractivity contribution in [1.29, 1.82) is 0 Å². The van der Waals surface area contributed by atoms with E-state index in [2.05, 4.69) is 10.3 Å². The number of benzene rings is 1. The second-order valence-corrected chi connectivity index (χ2v) is 4.53. The van der Waals surface area contributed by atoms with E-state index < -0.39 is 17.7 Å². The fourth-order valence-corrected chi connectivity index (χ4v) is 1.70. The Hall–Kier alpha value is -2.05. The molecule has 1 atom stereocenters. The molecule has 0 saturated heterocycles. The Kier molecular flexibility index (Phi) is 5.59. The van der Waals surface area contributed by atoms with Gasteiger partial charge in [-0.15, -0.1) is 0 Å². The third-order valence-electron chi connectivity index (χ3n) is 2.79. The van der Waals surface area contributed by atoms with Crippen LogP contribution in [-0.2, 0) is 6.54 Å². The van der Waals surface area contributed by atoms with Gasteiger partial charge in [0.1, 0.15) is 18.5 Å². The highest BCUT2D eigenvalue weighted by Gasteiger charge is 2.07. The van der Waals surface area contributed by atoms with Crippen LogP contribution in [-0.4, -0.2) is 29.3 Å². The lowest BCUT2D eigenvalue weighted by Gasteiger charge is -2.13. The second kappa shape index (κ2) is 7.66. The van der Waals surface area contributed by atoms with Gasteiger partial charge in [-0.25, -0.2) is 8.78 Å². The van der Waals surface area contributed by atoms with Crippen LogP contribution in [0.5, 0.6) is 5.75 Å². The van der Waals surface area contributed by atoms with E-state index >= 15 is 0 Å². The van der Waals surface area contributed by atoms with Crippen molar-refractivity contribution in [3.8, 4) is 5.75 Å². The molecule has 0 amide bonds. The van der Waals surface area contributed by atoms with Crippen molar-refractivity contribution in [2.75, 3.05) is 13.2 Å². The average Bonchev–Trinajstić information content (AvgIpc) is 2.49. The number of aromatic nitrogens is 1.